The maximum absolute atomic E-state index is 5.25. The molecule has 0 spiro atoms. The third kappa shape index (κ3) is 5.76. The van der Waals surface area contributed by atoms with Gasteiger partial charge in [0.1, 0.15) is 0 Å². The molecule has 8 aromatic carbocycles. The first kappa shape index (κ1) is 35.9. The summed E-state index contributed by atoms with van der Waals surface area (Å²) in [7, 11) is 0. The molecule has 0 fully saturated rings. The second kappa shape index (κ2) is 13.7. The molecule has 0 aliphatic heterocycles. The molecule has 0 unspecified atom stereocenters. The first-order valence-electron chi connectivity index (χ1n) is 20.9. The number of benzene rings is 8. The van der Waals surface area contributed by atoms with Gasteiger partial charge in [0.05, 0.1) is 0 Å². The minimum absolute atomic E-state index is 0.110. The van der Waals surface area contributed by atoms with E-state index in [-0.39, 0.29) is 10.8 Å². The van der Waals surface area contributed by atoms with E-state index in [1.54, 1.807) is 0 Å². The standard InChI is InChI=1S/C57H43N3/c1-56(2)50-30-28-40(44-25-15-26-46-45-24-11-12-27-49(45)57(3,4)52(44)46)34-47(50)48-35-43(29-31-51(48)56)55-59-53(41-22-13-20-38(32-41)36-16-7-5-8-17-36)58-54(60-55)42-23-14-21-39(33-42)37-18-9-6-10-19-37/h5-35H,1-4H3. The highest BCUT2D eigenvalue weighted by Gasteiger charge is 2.39. The molecule has 0 N–H and O–H groups in total. The predicted octanol–water partition coefficient (Wildman–Crippen LogP) is 14.5. The molecule has 3 nitrogen and oxygen atoms in total. The van der Waals surface area contributed by atoms with Crippen LogP contribution in [0.1, 0.15) is 49.9 Å². The van der Waals surface area contributed by atoms with Gasteiger partial charge in [0.25, 0.3) is 0 Å². The summed E-state index contributed by atoms with van der Waals surface area (Å²) in [5.41, 5.74) is 20.2. The molecule has 9 aromatic rings. The fourth-order valence-corrected chi connectivity index (χ4v) is 9.86. The molecule has 286 valence electrons. The van der Waals surface area contributed by atoms with Crippen molar-refractivity contribution >= 4 is 0 Å². The second-order valence-electron chi connectivity index (χ2n) is 17.2. The van der Waals surface area contributed by atoms with Crippen LogP contribution in [0.15, 0.2) is 188 Å². The number of nitrogens with zero attached hydrogens (tertiary/aromatic N) is 3. The summed E-state index contributed by atoms with van der Waals surface area (Å²) in [6.45, 7) is 9.42. The first-order chi connectivity index (χ1) is 29.2. The van der Waals surface area contributed by atoms with Crippen LogP contribution >= 0.6 is 0 Å². The van der Waals surface area contributed by atoms with Crippen LogP contribution in [-0.2, 0) is 10.8 Å². The Morgan fingerprint density at radius 3 is 1.25 bits per heavy atom. The van der Waals surface area contributed by atoms with Gasteiger partial charge >= 0.3 is 0 Å². The van der Waals surface area contributed by atoms with Crippen LogP contribution in [0.2, 0.25) is 0 Å². The lowest BCUT2D eigenvalue weighted by atomic mass is 9.78. The highest BCUT2D eigenvalue weighted by atomic mass is 15.0. The Kier molecular flexibility index (Phi) is 8.18. The molecule has 0 bridgehead atoms. The maximum atomic E-state index is 5.25. The average Bonchev–Trinajstić information content (AvgIpc) is 3.68. The average molecular weight is 770 g/mol. The van der Waals surface area contributed by atoms with Crippen LogP contribution in [0.5, 0.6) is 0 Å². The van der Waals surface area contributed by atoms with Gasteiger partial charge in [-0.3, -0.25) is 0 Å². The lowest BCUT2D eigenvalue weighted by Gasteiger charge is -2.25. The molecule has 2 aliphatic carbocycles. The molecule has 1 heterocycles. The van der Waals surface area contributed by atoms with E-state index in [9.17, 15) is 0 Å². The SMILES string of the molecule is CC1(C)c2ccc(-c3nc(-c4cccc(-c5ccccc5)c4)nc(-c4cccc(-c5ccccc5)c4)n3)cc2-c2cc(-c3cccc4c3C(C)(C)c3ccccc3-4)ccc21. The third-order valence-corrected chi connectivity index (χ3v) is 12.9. The zero-order valence-corrected chi connectivity index (χ0v) is 34.2. The number of hydrogen-bond donors (Lipinski definition) is 0. The van der Waals surface area contributed by atoms with Gasteiger partial charge in [-0.25, -0.2) is 15.0 Å². The molecule has 0 amide bonds. The van der Waals surface area contributed by atoms with Gasteiger partial charge in [0.15, 0.2) is 17.5 Å². The lowest BCUT2D eigenvalue weighted by molar-refractivity contribution is 0.659. The van der Waals surface area contributed by atoms with Crippen molar-refractivity contribution in [1.29, 1.82) is 0 Å². The molecular formula is C57H43N3. The summed E-state index contributed by atoms with van der Waals surface area (Å²) in [6.07, 6.45) is 0. The van der Waals surface area contributed by atoms with Crippen LogP contribution in [0.4, 0.5) is 0 Å². The molecule has 11 rings (SSSR count). The Labute approximate surface area is 352 Å². The fourth-order valence-electron chi connectivity index (χ4n) is 9.86. The quantitative estimate of drug-likeness (QED) is 0.169. The van der Waals surface area contributed by atoms with Gasteiger partial charge in [-0.2, -0.15) is 0 Å². The summed E-state index contributed by atoms with van der Waals surface area (Å²) < 4.78 is 0. The maximum Gasteiger partial charge on any atom is 0.164 e. The van der Waals surface area contributed by atoms with E-state index in [2.05, 4.69) is 204 Å². The summed E-state index contributed by atoms with van der Waals surface area (Å²) in [6, 6.07) is 67.6. The zero-order valence-electron chi connectivity index (χ0n) is 34.2. The Morgan fingerprint density at radius 1 is 0.267 bits per heavy atom. The number of fused-ring (bicyclic) bond motifs is 6. The van der Waals surface area contributed by atoms with Gasteiger partial charge in [-0.15, -0.1) is 0 Å². The smallest absolute Gasteiger partial charge is 0.164 e. The molecule has 2 aliphatic rings. The molecule has 3 heteroatoms. The molecule has 0 atom stereocenters. The van der Waals surface area contributed by atoms with Crippen LogP contribution in [0, 0.1) is 0 Å². The lowest BCUT2D eigenvalue weighted by Crippen LogP contribution is -2.16. The first-order valence-corrected chi connectivity index (χ1v) is 20.9. The van der Waals surface area contributed by atoms with Crippen LogP contribution in [0.25, 0.3) is 89.8 Å². The van der Waals surface area contributed by atoms with E-state index >= 15 is 0 Å². The second-order valence-corrected chi connectivity index (χ2v) is 17.2. The van der Waals surface area contributed by atoms with E-state index in [1.165, 1.54) is 55.6 Å². The van der Waals surface area contributed by atoms with Crippen molar-refractivity contribution in [3.8, 4) is 89.8 Å². The van der Waals surface area contributed by atoms with Crippen LogP contribution in [0.3, 0.4) is 0 Å². The van der Waals surface area contributed by atoms with E-state index in [4.69, 9.17) is 15.0 Å². The Hall–Kier alpha value is -7.23. The summed E-state index contributed by atoms with van der Waals surface area (Å²) >= 11 is 0. The highest BCUT2D eigenvalue weighted by molar-refractivity contribution is 5.91. The van der Waals surface area contributed by atoms with Gasteiger partial charge in [0, 0.05) is 27.5 Å². The fraction of sp³-hybridized carbons (Fsp3) is 0.105. The van der Waals surface area contributed by atoms with E-state index in [0.717, 1.165) is 38.9 Å². The molecule has 0 radical (unpaired) electrons. The molecule has 0 saturated heterocycles. The predicted molar refractivity (Wildman–Crippen MR) is 248 cm³/mol. The highest BCUT2D eigenvalue weighted by Crippen LogP contribution is 2.54. The Morgan fingerprint density at radius 2 is 0.667 bits per heavy atom. The molecular weight excluding hydrogens is 727 g/mol. The van der Waals surface area contributed by atoms with Crippen molar-refractivity contribution in [3.63, 3.8) is 0 Å². The Balaban J connectivity index is 1.06. The van der Waals surface area contributed by atoms with E-state index < -0.39 is 0 Å². The van der Waals surface area contributed by atoms with Gasteiger partial charge in [-0.1, -0.05) is 191 Å². The van der Waals surface area contributed by atoms with Crippen molar-refractivity contribution in [3.05, 3.63) is 210 Å². The topological polar surface area (TPSA) is 38.7 Å². The van der Waals surface area contributed by atoms with Crippen molar-refractivity contribution in [2.75, 3.05) is 0 Å². The number of rotatable bonds is 6. The number of aromatic nitrogens is 3. The number of hydrogen-bond acceptors (Lipinski definition) is 3. The summed E-state index contributed by atoms with van der Waals surface area (Å²) in [5.74, 6) is 1.93. The van der Waals surface area contributed by atoms with Crippen molar-refractivity contribution in [1.82, 2.24) is 15.0 Å². The van der Waals surface area contributed by atoms with Crippen LogP contribution < -0.4 is 0 Å². The zero-order chi connectivity index (χ0) is 40.6. The summed E-state index contributed by atoms with van der Waals surface area (Å²) in [4.78, 5) is 15.7. The minimum Gasteiger partial charge on any atom is -0.208 e. The van der Waals surface area contributed by atoms with Crippen molar-refractivity contribution in [2.24, 2.45) is 0 Å². The largest absolute Gasteiger partial charge is 0.208 e. The monoisotopic (exact) mass is 769 g/mol. The van der Waals surface area contributed by atoms with Crippen LogP contribution in [-0.4, -0.2) is 15.0 Å². The molecule has 1 aromatic heterocycles. The van der Waals surface area contributed by atoms with E-state index in [0.29, 0.717) is 17.5 Å². The van der Waals surface area contributed by atoms with Gasteiger partial charge in [-0.05, 0) is 102 Å². The normalized spacial score (nSPS) is 13.9. The van der Waals surface area contributed by atoms with Crippen molar-refractivity contribution in [2.45, 2.75) is 38.5 Å². The minimum atomic E-state index is -0.166. The van der Waals surface area contributed by atoms with E-state index in [1.807, 2.05) is 12.1 Å². The Bertz CT molecular complexity index is 3040. The third-order valence-electron chi connectivity index (χ3n) is 12.9. The van der Waals surface area contributed by atoms with Gasteiger partial charge in [0.2, 0.25) is 0 Å². The van der Waals surface area contributed by atoms with Crippen molar-refractivity contribution < 1.29 is 0 Å². The molecule has 60 heavy (non-hydrogen) atoms. The summed E-state index contributed by atoms with van der Waals surface area (Å²) in [5, 5.41) is 0. The molecule has 0 saturated carbocycles. The van der Waals surface area contributed by atoms with Gasteiger partial charge < -0.3 is 0 Å².